The van der Waals surface area contributed by atoms with Gasteiger partial charge in [0.05, 0.1) is 12.2 Å². The van der Waals surface area contributed by atoms with E-state index in [1.54, 1.807) is 31.1 Å². The third kappa shape index (κ3) is 4.05. The van der Waals surface area contributed by atoms with Gasteiger partial charge in [0.25, 0.3) is 5.91 Å². The van der Waals surface area contributed by atoms with Crippen LogP contribution < -0.4 is 0 Å². The molecule has 0 radical (unpaired) electrons. The van der Waals surface area contributed by atoms with E-state index in [1.807, 2.05) is 6.07 Å². The van der Waals surface area contributed by atoms with E-state index in [2.05, 4.69) is 10.1 Å². The number of ether oxygens (including phenoxy) is 1. The summed E-state index contributed by atoms with van der Waals surface area (Å²) in [7, 11) is 1.58. The third-order valence-corrected chi connectivity index (χ3v) is 4.43. The molecule has 0 spiro atoms. The van der Waals surface area contributed by atoms with Crippen LogP contribution in [0.1, 0.15) is 27.4 Å². The zero-order valence-corrected chi connectivity index (χ0v) is 14.5. The predicted octanol–water partition coefficient (Wildman–Crippen LogP) is 2.23. The Labute approximate surface area is 146 Å². The monoisotopic (exact) mass is 347 g/mol. The van der Waals surface area contributed by atoms with Crippen molar-refractivity contribution in [3.8, 4) is 0 Å². The minimum absolute atomic E-state index is 0.130. The van der Waals surface area contributed by atoms with E-state index in [0.29, 0.717) is 43.3 Å². The Morgan fingerprint density at radius 2 is 2.08 bits per heavy atom. The number of benzene rings is 1. The average molecular weight is 347 g/mol. The van der Waals surface area contributed by atoms with Crippen molar-refractivity contribution < 1.29 is 18.4 Å². The molecular weight excluding hydrogens is 325 g/mol. The second-order valence-corrected chi connectivity index (χ2v) is 6.20. The molecule has 25 heavy (non-hydrogen) atoms. The lowest BCUT2D eigenvalue weighted by Gasteiger charge is -2.34. The van der Waals surface area contributed by atoms with Crippen LogP contribution in [0.3, 0.4) is 0 Å². The third-order valence-electron chi connectivity index (χ3n) is 4.43. The number of methoxy groups -OCH3 is 1. The summed E-state index contributed by atoms with van der Waals surface area (Å²) in [5.74, 6) is 0.252. The first-order chi connectivity index (χ1) is 12.1. The van der Waals surface area contributed by atoms with Crippen molar-refractivity contribution in [1.82, 2.24) is 15.0 Å². The molecule has 1 aromatic carbocycles. The van der Waals surface area contributed by atoms with E-state index in [0.717, 1.165) is 18.7 Å². The summed E-state index contributed by atoms with van der Waals surface area (Å²) in [6.07, 6.45) is 0. The maximum atomic E-state index is 13.3. The number of amides is 1. The summed E-state index contributed by atoms with van der Waals surface area (Å²) in [5, 5.41) is 3.90. The van der Waals surface area contributed by atoms with Crippen LogP contribution in [0, 0.1) is 12.7 Å². The van der Waals surface area contributed by atoms with E-state index in [1.165, 1.54) is 6.07 Å². The lowest BCUT2D eigenvalue weighted by atomic mass is 10.1. The van der Waals surface area contributed by atoms with Crippen molar-refractivity contribution in [2.75, 3.05) is 33.3 Å². The van der Waals surface area contributed by atoms with Crippen LogP contribution in [-0.4, -0.2) is 54.2 Å². The van der Waals surface area contributed by atoms with Gasteiger partial charge in [-0.15, -0.1) is 0 Å². The topological polar surface area (TPSA) is 58.8 Å². The Morgan fingerprint density at radius 1 is 1.32 bits per heavy atom. The molecule has 2 aromatic rings. The molecule has 1 aliphatic heterocycles. The normalized spacial score (nSPS) is 15.6. The highest BCUT2D eigenvalue weighted by Crippen LogP contribution is 2.18. The smallest absolute Gasteiger partial charge is 0.276 e. The van der Waals surface area contributed by atoms with Crippen molar-refractivity contribution in [3.05, 3.63) is 52.7 Å². The van der Waals surface area contributed by atoms with Gasteiger partial charge in [-0.25, -0.2) is 4.39 Å². The second kappa shape index (κ2) is 7.76. The maximum Gasteiger partial charge on any atom is 0.276 e. The fourth-order valence-corrected chi connectivity index (χ4v) is 3.03. The summed E-state index contributed by atoms with van der Waals surface area (Å²) in [4.78, 5) is 16.7. The van der Waals surface area contributed by atoms with E-state index in [9.17, 15) is 9.18 Å². The zero-order chi connectivity index (χ0) is 17.8. The summed E-state index contributed by atoms with van der Waals surface area (Å²) >= 11 is 0. The number of aromatic nitrogens is 1. The minimum atomic E-state index is -0.224. The molecule has 0 aliphatic carbocycles. The lowest BCUT2D eigenvalue weighted by molar-refractivity contribution is 0.0614. The fourth-order valence-electron chi connectivity index (χ4n) is 3.03. The Balaban J connectivity index is 1.59. The van der Waals surface area contributed by atoms with E-state index in [-0.39, 0.29) is 11.7 Å². The first-order valence-corrected chi connectivity index (χ1v) is 8.28. The lowest BCUT2D eigenvalue weighted by Crippen LogP contribution is -2.48. The number of piperazine rings is 1. The maximum absolute atomic E-state index is 13.3. The number of rotatable bonds is 5. The summed E-state index contributed by atoms with van der Waals surface area (Å²) in [6.45, 7) is 5.43. The molecule has 7 heteroatoms. The van der Waals surface area contributed by atoms with Crippen LogP contribution in [0.4, 0.5) is 4.39 Å². The van der Waals surface area contributed by atoms with Gasteiger partial charge in [-0.05, 0) is 24.6 Å². The number of nitrogens with zero attached hydrogens (tertiary/aromatic N) is 3. The van der Waals surface area contributed by atoms with Gasteiger partial charge in [0, 0.05) is 39.8 Å². The largest absolute Gasteiger partial charge is 0.380 e. The summed E-state index contributed by atoms with van der Waals surface area (Å²) < 4.78 is 23.6. The number of carbonyl (C=O) groups excluding carboxylic acids is 1. The molecule has 1 aliphatic rings. The molecule has 0 atom stereocenters. The molecule has 0 bridgehead atoms. The first kappa shape index (κ1) is 17.6. The fraction of sp³-hybridized carbons (Fsp3) is 0.444. The van der Waals surface area contributed by atoms with Crippen LogP contribution in [0.2, 0.25) is 0 Å². The van der Waals surface area contributed by atoms with Crippen LogP contribution in [0.5, 0.6) is 0 Å². The van der Waals surface area contributed by atoms with Crippen LogP contribution in [0.15, 0.2) is 28.8 Å². The van der Waals surface area contributed by atoms with Gasteiger partial charge in [0.1, 0.15) is 11.6 Å². The molecule has 134 valence electrons. The standard InChI is InChI=1S/C18H22FN3O3/c1-13-16(12-24-2)17(20-25-13)18(23)22-8-6-21(7-9-22)11-14-4-3-5-15(19)10-14/h3-5,10H,6-9,11-12H2,1-2H3. The molecule has 6 nitrogen and oxygen atoms in total. The van der Waals surface area contributed by atoms with Crippen molar-refractivity contribution in [2.24, 2.45) is 0 Å². The Hall–Kier alpha value is -2.25. The Kier molecular flexibility index (Phi) is 5.45. The Bertz CT molecular complexity index is 739. The van der Waals surface area contributed by atoms with Crippen LogP contribution in [-0.2, 0) is 17.9 Å². The van der Waals surface area contributed by atoms with Crippen molar-refractivity contribution in [2.45, 2.75) is 20.1 Å². The van der Waals surface area contributed by atoms with Gasteiger partial charge >= 0.3 is 0 Å². The molecule has 1 saturated heterocycles. The number of hydrogen-bond acceptors (Lipinski definition) is 5. The minimum Gasteiger partial charge on any atom is -0.380 e. The number of aryl methyl sites for hydroxylation is 1. The second-order valence-electron chi connectivity index (χ2n) is 6.20. The van der Waals surface area contributed by atoms with Gasteiger partial charge in [-0.2, -0.15) is 0 Å². The highest BCUT2D eigenvalue weighted by molar-refractivity contribution is 5.93. The number of halogens is 1. The predicted molar refractivity (Wildman–Crippen MR) is 89.5 cm³/mol. The molecule has 2 heterocycles. The van der Waals surface area contributed by atoms with Crippen LogP contribution in [0.25, 0.3) is 0 Å². The first-order valence-electron chi connectivity index (χ1n) is 8.28. The zero-order valence-electron chi connectivity index (χ0n) is 14.5. The SMILES string of the molecule is COCc1c(C(=O)N2CCN(Cc3cccc(F)c3)CC2)noc1C. The van der Waals surface area contributed by atoms with Gasteiger partial charge in [0.15, 0.2) is 5.69 Å². The van der Waals surface area contributed by atoms with Gasteiger partial charge in [0.2, 0.25) is 0 Å². The average Bonchev–Trinajstić information content (AvgIpc) is 2.96. The van der Waals surface area contributed by atoms with Crippen LogP contribution >= 0.6 is 0 Å². The molecule has 3 rings (SSSR count). The Morgan fingerprint density at radius 3 is 2.76 bits per heavy atom. The molecule has 1 fully saturated rings. The van der Waals surface area contributed by atoms with Gasteiger partial charge in [-0.3, -0.25) is 9.69 Å². The molecule has 1 amide bonds. The van der Waals surface area contributed by atoms with E-state index in [4.69, 9.17) is 9.26 Å². The molecule has 0 unspecified atom stereocenters. The van der Waals surface area contributed by atoms with Crippen molar-refractivity contribution in [1.29, 1.82) is 0 Å². The van der Waals surface area contributed by atoms with Gasteiger partial charge in [-0.1, -0.05) is 17.3 Å². The van der Waals surface area contributed by atoms with E-state index < -0.39 is 0 Å². The molecule has 1 aromatic heterocycles. The highest BCUT2D eigenvalue weighted by atomic mass is 19.1. The summed E-state index contributed by atoms with van der Waals surface area (Å²) in [6, 6.07) is 6.62. The molecule has 0 saturated carbocycles. The number of hydrogen-bond donors (Lipinski definition) is 0. The molecule has 0 N–H and O–H groups in total. The quantitative estimate of drug-likeness (QED) is 0.830. The van der Waals surface area contributed by atoms with Crippen molar-refractivity contribution in [3.63, 3.8) is 0 Å². The molecular formula is C18H22FN3O3. The van der Waals surface area contributed by atoms with Crippen molar-refractivity contribution >= 4 is 5.91 Å². The number of carbonyl (C=O) groups is 1. The van der Waals surface area contributed by atoms with E-state index >= 15 is 0 Å². The highest BCUT2D eigenvalue weighted by Gasteiger charge is 2.27. The van der Waals surface area contributed by atoms with Gasteiger partial charge < -0.3 is 14.2 Å². The summed E-state index contributed by atoms with van der Waals surface area (Å²) in [5.41, 5.74) is 1.97.